The molecule has 2 heterocycles. The average Bonchev–Trinajstić information content (AvgIpc) is 3.64. The van der Waals surface area contributed by atoms with E-state index in [1.54, 1.807) is 0 Å². The van der Waals surface area contributed by atoms with E-state index in [1.165, 1.54) is 43.4 Å². The Labute approximate surface area is 317 Å². The lowest BCUT2D eigenvalue weighted by molar-refractivity contribution is 0.669. The molecule has 0 N–H and O–H groups in total. The van der Waals surface area contributed by atoms with Crippen LogP contribution in [0.2, 0.25) is 0 Å². The van der Waals surface area contributed by atoms with Crippen molar-refractivity contribution < 1.29 is 4.42 Å². The number of furan rings is 1. The predicted molar refractivity (Wildman–Crippen MR) is 227 cm³/mol. The maximum Gasteiger partial charge on any atom is 0.164 e. The lowest BCUT2D eigenvalue weighted by Gasteiger charge is -2.15. The molecule has 0 aliphatic carbocycles. The fraction of sp³-hybridized carbons (Fsp3) is 0. The number of nitrogens with zero attached hydrogens (tertiary/aromatic N) is 3. The highest BCUT2D eigenvalue weighted by atomic mass is 16.3. The second kappa shape index (κ2) is 12.6. The standard InChI is InChI=1S/C51H31N3O/c1-2-13-33(14-3-1)49-52-50(54-51(53-49)39-25-27-47-45(31-39)42-22-8-9-23-46(42)55-47)38-19-11-17-35(29-38)34-16-10-18-37(28-34)48-41-21-7-5-15-36(41)30-44-40-20-6-4-12-32(40)24-26-43(44)48/h1-31H. The lowest BCUT2D eigenvalue weighted by Crippen LogP contribution is -2.00. The summed E-state index contributed by atoms with van der Waals surface area (Å²) in [5.74, 6) is 1.85. The molecule has 2 aromatic heterocycles. The minimum absolute atomic E-state index is 0.610. The smallest absolute Gasteiger partial charge is 0.164 e. The van der Waals surface area contributed by atoms with Gasteiger partial charge >= 0.3 is 0 Å². The minimum atomic E-state index is 0.610. The Hall–Kier alpha value is -7.43. The van der Waals surface area contributed by atoms with E-state index in [-0.39, 0.29) is 0 Å². The number of hydrogen-bond donors (Lipinski definition) is 0. The molecule has 0 unspecified atom stereocenters. The molecule has 0 amide bonds. The van der Waals surface area contributed by atoms with Gasteiger partial charge in [-0.1, -0.05) is 146 Å². The number of aromatic nitrogens is 3. The number of rotatable bonds is 5. The van der Waals surface area contributed by atoms with Gasteiger partial charge in [-0.25, -0.2) is 15.0 Å². The van der Waals surface area contributed by atoms with Gasteiger partial charge in [0.2, 0.25) is 0 Å². The maximum atomic E-state index is 6.13. The van der Waals surface area contributed by atoms with Gasteiger partial charge in [0.25, 0.3) is 0 Å². The van der Waals surface area contributed by atoms with Crippen LogP contribution < -0.4 is 0 Å². The van der Waals surface area contributed by atoms with Crippen LogP contribution in [0, 0.1) is 0 Å². The van der Waals surface area contributed by atoms with Crippen molar-refractivity contribution in [2.75, 3.05) is 0 Å². The van der Waals surface area contributed by atoms with Gasteiger partial charge in [-0.05, 0) is 97.0 Å². The SMILES string of the molecule is c1ccc(-c2nc(-c3cccc(-c4cccc(-c5c6ccccc6cc6c5ccc5ccccc56)c4)c3)nc(-c3ccc4oc5ccccc5c4c3)n2)cc1. The molecular formula is C51H31N3O. The van der Waals surface area contributed by atoms with Gasteiger partial charge in [0, 0.05) is 27.5 Å². The molecule has 0 spiro atoms. The summed E-state index contributed by atoms with van der Waals surface area (Å²) in [6, 6.07) is 66.0. The summed E-state index contributed by atoms with van der Waals surface area (Å²) in [5, 5.41) is 9.59. The first-order valence-electron chi connectivity index (χ1n) is 18.5. The van der Waals surface area contributed by atoms with E-state index in [0.717, 1.165) is 49.8 Å². The van der Waals surface area contributed by atoms with Gasteiger partial charge in [-0.2, -0.15) is 0 Å². The van der Waals surface area contributed by atoms with Gasteiger partial charge in [0.15, 0.2) is 17.5 Å². The van der Waals surface area contributed by atoms with Crippen molar-refractivity contribution in [2.45, 2.75) is 0 Å². The number of fused-ring (bicyclic) bond motifs is 7. The Bertz CT molecular complexity index is 3270. The van der Waals surface area contributed by atoms with Gasteiger partial charge in [0.05, 0.1) is 0 Å². The normalized spacial score (nSPS) is 11.6. The van der Waals surface area contributed by atoms with E-state index >= 15 is 0 Å². The van der Waals surface area contributed by atoms with Crippen LogP contribution in [0.1, 0.15) is 0 Å². The summed E-state index contributed by atoms with van der Waals surface area (Å²) < 4.78 is 6.13. The summed E-state index contributed by atoms with van der Waals surface area (Å²) in [6.45, 7) is 0. The third-order valence-corrected chi connectivity index (χ3v) is 10.7. The summed E-state index contributed by atoms with van der Waals surface area (Å²) >= 11 is 0. The molecule has 0 aliphatic rings. The maximum absolute atomic E-state index is 6.13. The van der Waals surface area contributed by atoms with Crippen LogP contribution in [-0.2, 0) is 0 Å². The molecule has 4 heteroatoms. The molecule has 11 aromatic rings. The van der Waals surface area contributed by atoms with E-state index < -0.39 is 0 Å². The largest absolute Gasteiger partial charge is 0.456 e. The van der Waals surface area contributed by atoms with Crippen molar-refractivity contribution in [3.63, 3.8) is 0 Å². The molecule has 0 radical (unpaired) electrons. The summed E-state index contributed by atoms with van der Waals surface area (Å²) in [6.07, 6.45) is 0. The van der Waals surface area contributed by atoms with Gasteiger partial charge in [-0.15, -0.1) is 0 Å². The van der Waals surface area contributed by atoms with E-state index in [1.807, 2.05) is 60.7 Å². The van der Waals surface area contributed by atoms with Crippen molar-refractivity contribution in [1.82, 2.24) is 15.0 Å². The van der Waals surface area contributed by atoms with E-state index in [2.05, 4.69) is 127 Å². The quantitative estimate of drug-likeness (QED) is 0.132. The van der Waals surface area contributed by atoms with Gasteiger partial charge < -0.3 is 4.42 Å². The molecule has 0 saturated carbocycles. The molecule has 0 saturated heterocycles. The van der Waals surface area contributed by atoms with E-state index in [9.17, 15) is 0 Å². The molecule has 11 rings (SSSR count). The van der Waals surface area contributed by atoms with Crippen LogP contribution in [0.5, 0.6) is 0 Å². The van der Waals surface area contributed by atoms with Crippen molar-refractivity contribution in [3.05, 3.63) is 188 Å². The summed E-state index contributed by atoms with van der Waals surface area (Å²) in [7, 11) is 0. The average molecular weight is 702 g/mol. The zero-order valence-corrected chi connectivity index (χ0v) is 29.6. The molecular weight excluding hydrogens is 671 g/mol. The van der Waals surface area contributed by atoms with Crippen LogP contribution >= 0.6 is 0 Å². The van der Waals surface area contributed by atoms with Crippen LogP contribution in [0.3, 0.4) is 0 Å². The molecule has 0 bridgehead atoms. The third kappa shape index (κ3) is 5.34. The molecule has 0 fully saturated rings. The molecule has 9 aromatic carbocycles. The second-order valence-electron chi connectivity index (χ2n) is 14.0. The highest BCUT2D eigenvalue weighted by molar-refractivity contribution is 6.20. The van der Waals surface area contributed by atoms with Gasteiger partial charge in [-0.3, -0.25) is 0 Å². The summed E-state index contributed by atoms with van der Waals surface area (Å²) in [4.78, 5) is 15.2. The van der Waals surface area contributed by atoms with Crippen LogP contribution in [0.25, 0.3) is 111 Å². The van der Waals surface area contributed by atoms with Crippen molar-refractivity contribution in [1.29, 1.82) is 0 Å². The Balaban J connectivity index is 1.05. The Kier molecular flexibility index (Phi) is 7.14. The Morgan fingerprint density at radius 2 is 0.836 bits per heavy atom. The monoisotopic (exact) mass is 701 g/mol. The lowest BCUT2D eigenvalue weighted by atomic mass is 9.89. The highest BCUT2D eigenvalue weighted by Crippen LogP contribution is 2.41. The summed E-state index contributed by atoms with van der Waals surface area (Å²) in [5.41, 5.74) is 9.08. The molecule has 0 aliphatic heterocycles. The predicted octanol–water partition coefficient (Wildman–Crippen LogP) is 13.6. The Morgan fingerprint density at radius 3 is 1.64 bits per heavy atom. The molecule has 4 nitrogen and oxygen atoms in total. The molecule has 55 heavy (non-hydrogen) atoms. The van der Waals surface area contributed by atoms with Crippen molar-refractivity contribution in [3.8, 4) is 56.4 Å². The second-order valence-corrected chi connectivity index (χ2v) is 14.0. The minimum Gasteiger partial charge on any atom is -0.456 e. The van der Waals surface area contributed by atoms with Crippen molar-refractivity contribution >= 4 is 54.3 Å². The van der Waals surface area contributed by atoms with Crippen LogP contribution in [0.15, 0.2) is 192 Å². The topological polar surface area (TPSA) is 51.8 Å². The van der Waals surface area contributed by atoms with E-state index in [4.69, 9.17) is 19.4 Å². The fourth-order valence-corrected chi connectivity index (χ4v) is 8.04. The fourth-order valence-electron chi connectivity index (χ4n) is 8.04. The van der Waals surface area contributed by atoms with Gasteiger partial charge in [0.1, 0.15) is 11.2 Å². The number of benzene rings is 9. The van der Waals surface area contributed by atoms with Crippen LogP contribution in [0.4, 0.5) is 0 Å². The first-order valence-corrected chi connectivity index (χ1v) is 18.5. The third-order valence-electron chi connectivity index (χ3n) is 10.7. The first-order chi connectivity index (χ1) is 27.2. The van der Waals surface area contributed by atoms with E-state index in [0.29, 0.717) is 17.5 Å². The van der Waals surface area contributed by atoms with Crippen molar-refractivity contribution in [2.24, 2.45) is 0 Å². The zero-order valence-electron chi connectivity index (χ0n) is 29.6. The Morgan fingerprint density at radius 1 is 0.273 bits per heavy atom. The molecule has 0 atom stereocenters. The number of hydrogen-bond acceptors (Lipinski definition) is 4. The molecule has 256 valence electrons. The zero-order chi connectivity index (χ0) is 36.3. The first kappa shape index (κ1) is 31.1. The van der Waals surface area contributed by atoms with Crippen LogP contribution in [-0.4, -0.2) is 15.0 Å². The highest BCUT2D eigenvalue weighted by Gasteiger charge is 2.17. The number of para-hydroxylation sites is 1.